The topological polar surface area (TPSA) is 38.7 Å². The molecule has 0 aliphatic rings. The SMILES string of the molecule is COc1ccc(Br)c(COc2cc(C)ccc2C(C)O)c1. The minimum absolute atomic E-state index is 0.404. The molecule has 0 aromatic heterocycles. The lowest BCUT2D eigenvalue weighted by Crippen LogP contribution is -2.02. The standard InChI is InChI=1S/C17H19BrO3/c1-11-4-6-15(12(2)19)17(8-11)21-10-13-9-14(20-3)5-7-16(13)18/h4-9,12,19H,10H2,1-3H3. The molecule has 0 heterocycles. The van der Waals surface area contributed by atoms with Gasteiger partial charge in [0.1, 0.15) is 18.1 Å². The van der Waals surface area contributed by atoms with Gasteiger partial charge in [-0.3, -0.25) is 0 Å². The van der Waals surface area contributed by atoms with E-state index in [4.69, 9.17) is 9.47 Å². The molecule has 0 amide bonds. The second-order valence-electron chi connectivity index (χ2n) is 4.96. The van der Waals surface area contributed by atoms with Crippen molar-refractivity contribution in [3.05, 3.63) is 57.6 Å². The molecule has 112 valence electrons. The highest BCUT2D eigenvalue weighted by Gasteiger charge is 2.11. The number of aryl methyl sites for hydroxylation is 1. The third-order valence-electron chi connectivity index (χ3n) is 3.26. The minimum Gasteiger partial charge on any atom is -0.497 e. The van der Waals surface area contributed by atoms with Gasteiger partial charge >= 0.3 is 0 Å². The predicted octanol–water partition coefficient (Wildman–Crippen LogP) is 4.40. The van der Waals surface area contributed by atoms with E-state index in [0.29, 0.717) is 12.4 Å². The fraction of sp³-hybridized carbons (Fsp3) is 0.294. The van der Waals surface area contributed by atoms with Crippen LogP contribution in [-0.4, -0.2) is 12.2 Å². The Morgan fingerprint density at radius 2 is 1.95 bits per heavy atom. The summed E-state index contributed by atoms with van der Waals surface area (Å²) in [7, 11) is 1.64. The first-order valence-corrected chi connectivity index (χ1v) is 7.54. The maximum absolute atomic E-state index is 9.82. The van der Waals surface area contributed by atoms with Gasteiger partial charge in [0.2, 0.25) is 0 Å². The van der Waals surface area contributed by atoms with Crippen molar-refractivity contribution in [1.82, 2.24) is 0 Å². The van der Waals surface area contributed by atoms with Gasteiger partial charge in [0.05, 0.1) is 13.2 Å². The summed E-state index contributed by atoms with van der Waals surface area (Å²) in [5, 5.41) is 9.82. The van der Waals surface area contributed by atoms with E-state index in [1.54, 1.807) is 14.0 Å². The van der Waals surface area contributed by atoms with Crippen molar-refractivity contribution >= 4 is 15.9 Å². The summed E-state index contributed by atoms with van der Waals surface area (Å²) in [5.41, 5.74) is 2.88. The first-order valence-electron chi connectivity index (χ1n) is 6.75. The number of ether oxygens (including phenoxy) is 2. The van der Waals surface area contributed by atoms with E-state index in [1.807, 2.05) is 43.3 Å². The Hall–Kier alpha value is -1.52. The van der Waals surface area contributed by atoms with Crippen LogP contribution < -0.4 is 9.47 Å². The van der Waals surface area contributed by atoms with Gasteiger partial charge in [-0.25, -0.2) is 0 Å². The number of halogens is 1. The molecular weight excluding hydrogens is 332 g/mol. The molecule has 0 saturated heterocycles. The summed E-state index contributed by atoms with van der Waals surface area (Å²) in [6.07, 6.45) is -0.561. The molecule has 4 heteroatoms. The van der Waals surface area contributed by atoms with E-state index < -0.39 is 6.10 Å². The molecule has 0 aliphatic heterocycles. The molecule has 1 unspecified atom stereocenters. The monoisotopic (exact) mass is 350 g/mol. The molecule has 3 nitrogen and oxygen atoms in total. The van der Waals surface area contributed by atoms with E-state index >= 15 is 0 Å². The van der Waals surface area contributed by atoms with Gasteiger partial charge in [0, 0.05) is 15.6 Å². The largest absolute Gasteiger partial charge is 0.497 e. The Labute approximate surface area is 133 Å². The van der Waals surface area contributed by atoms with Crippen LogP contribution in [0.4, 0.5) is 0 Å². The normalized spacial score (nSPS) is 12.0. The quantitative estimate of drug-likeness (QED) is 0.868. The predicted molar refractivity (Wildman–Crippen MR) is 86.8 cm³/mol. The summed E-state index contributed by atoms with van der Waals surface area (Å²) < 4.78 is 12.1. The van der Waals surface area contributed by atoms with Gasteiger partial charge < -0.3 is 14.6 Å². The maximum atomic E-state index is 9.82. The van der Waals surface area contributed by atoms with E-state index in [-0.39, 0.29) is 0 Å². The lowest BCUT2D eigenvalue weighted by atomic mass is 10.1. The molecule has 2 rings (SSSR count). The lowest BCUT2D eigenvalue weighted by molar-refractivity contribution is 0.190. The first-order chi connectivity index (χ1) is 10.0. The van der Waals surface area contributed by atoms with Crippen molar-refractivity contribution in [1.29, 1.82) is 0 Å². The van der Waals surface area contributed by atoms with Gasteiger partial charge in [-0.15, -0.1) is 0 Å². The molecular formula is C17H19BrO3. The number of aliphatic hydroxyl groups excluding tert-OH is 1. The van der Waals surface area contributed by atoms with Crippen LogP contribution in [0.3, 0.4) is 0 Å². The summed E-state index contributed by atoms with van der Waals surface area (Å²) >= 11 is 3.51. The highest BCUT2D eigenvalue weighted by molar-refractivity contribution is 9.10. The zero-order valence-corrected chi connectivity index (χ0v) is 14.0. The molecule has 0 fully saturated rings. The van der Waals surface area contributed by atoms with Crippen molar-refractivity contribution in [3.8, 4) is 11.5 Å². The van der Waals surface area contributed by atoms with Crippen molar-refractivity contribution < 1.29 is 14.6 Å². The van der Waals surface area contributed by atoms with Crippen LogP contribution in [0, 0.1) is 6.92 Å². The molecule has 1 N–H and O–H groups in total. The van der Waals surface area contributed by atoms with Crippen LogP contribution in [0.15, 0.2) is 40.9 Å². The van der Waals surface area contributed by atoms with Gasteiger partial charge in [0.15, 0.2) is 0 Å². The highest BCUT2D eigenvalue weighted by atomic mass is 79.9. The van der Waals surface area contributed by atoms with Crippen molar-refractivity contribution in [2.75, 3.05) is 7.11 Å². The zero-order valence-electron chi connectivity index (χ0n) is 12.4. The third-order valence-corrected chi connectivity index (χ3v) is 4.03. The van der Waals surface area contributed by atoms with Crippen molar-refractivity contribution in [3.63, 3.8) is 0 Å². The molecule has 0 spiro atoms. The average molecular weight is 351 g/mol. The second kappa shape index (κ2) is 6.96. The summed E-state index contributed by atoms with van der Waals surface area (Å²) in [6, 6.07) is 11.6. The molecule has 0 bridgehead atoms. The van der Waals surface area contributed by atoms with Crippen LogP contribution in [0.1, 0.15) is 29.7 Å². The first kappa shape index (κ1) is 15.9. The van der Waals surface area contributed by atoms with Gasteiger partial charge in [-0.2, -0.15) is 0 Å². The van der Waals surface area contributed by atoms with Crippen molar-refractivity contribution in [2.45, 2.75) is 26.6 Å². The smallest absolute Gasteiger partial charge is 0.125 e. The summed E-state index contributed by atoms with van der Waals surface area (Å²) in [5.74, 6) is 1.50. The fourth-order valence-electron chi connectivity index (χ4n) is 2.06. The minimum atomic E-state index is -0.561. The van der Waals surface area contributed by atoms with E-state index in [0.717, 1.165) is 26.9 Å². The van der Waals surface area contributed by atoms with Crippen LogP contribution >= 0.6 is 15.9 Å². The van der Waals surface area contributed by atoms with Crippen LogP contribution in [-0.2, 0) is 6.61 Å². The third kappa shape index (κ3) is 3.99. The zero-order chi connectivity index (χ0) is 15.4. The molecule has 0 aliphatic carbocycles. The Balaban J connectivity index is 2.22. The molecule has 1 atom stereocenters. The molecule has 0 radical (unpaired) electrons. The van der Waals surface area contributed by atoms with Gasteiger partial charge in [-0.1, -0.05) is 28.1 Å². The number of rotatable bonds is 5. The van der Waals surface area contributed by atoms with Gasteiger partial charge in [0.25, 0.3) is 0 Å². The van der Waals surface area contributed by atoms with E-state index in [9.17, 15) is 5.11 Å². The molecule has 2 aromatic carbocycles. The van der Waals surface area contributed by atoms with Gasteiger partial charge in [-0.05, 0) is 43.7 Å². The Morgan fingerprint density at radius 3 is 2.62 bits per heavy atom. The Bertz CT molecular complexity index is 623. The number of hydrogen-bond donors (Lipinski definition) is 1. The molecule has 0 saturated carbocycles. The lowest BCUT2D eigenvalue weighted by Gasteiger charge is -2.15. The molecule has 21 heavy (non-hydrogen) atoms. The highest BCUT2D eigenvalue weighted by Crippen LogP contribution is 2.29. The average Bonchev–Trinajstić information content (AvgIpc) is 2.46. The Morgan fingerprint density at radius 1 is 1.19 bits per heavy atom. The number of aliphatic hydroxyl groups is 1. The number of methoxy groups -OCH3 is 1. The summed E-state index contributed by atoms with van der Waals surface area (Å²) in [6.45, 7) is 4.14. The number of hydrogen-bond acceptors (Lipinski definition) is 3. The van der Waals surface area contributed by atoms with Crippen molar-refractivity contribution in [2.24, 2.45) is 0 Å². The summed E-state index contributed by atoms with van der Waals surface area (Å²) in [4.78, 5) is 0. The van der Waals surface area contributed by atoms with Crippen LogP contribution in [0.25, 0.3) is 0 Å². The van der Waals surface area contributed by atoms with E-state index in [2.05, 4.69) is 15.9 Å². The van der Waals surface area contributed by atoms with Crippen LogP contribution in [0.5, 0.6) is 11.5 Å². The second-order valence-corrected chi connectivity index (χ2v) is 5.82. The molecule has 2 aromatic rings. The van der Waals surface area contributed by atoms with Crippen LogP contribution in [0.2, 0.25) is 0 Å². The fourth-order valence-corrected chi connectivity index (χ4v) is 2.42. The number of benzene rings is 2. The van der Waals surface area contributed by atoms with E-state index in [1.165, 1.54) is 0 Å². The maximum Gasteiger partial charge on any atom is 0.125 e. The Kier molecular flexibility index (Phi) is 5.26.